The molecule has 1 saturated heterocycles. The number of amides is 1. The SMILES string of the molecule is O=C(NC1CCSC1)c1ccccc1. The first-order chi connectivity index (χ1) is 6.86. The molecule has 0 bridgehead atoms. The minimum atomic E-state index is 0.0538. The maximum absolute atomic E-state index is 11.7. The summed E-state index contributed by atoms with van der Waals surface area (Å²) < 4.78 is 0. The Morgan fingerprint density at radius 2 is 2.14 bits per heavy atom. The van der Waals surface area contributed by atoms with Gasteiger partial charge >= 0.3 is 0 Å². The maximum Gasteiger partial charge on any atom is 0.251 e. The van der Waals surface area contributed by atoms with E-state index >= 15 is 0 Å². The molecule has 1 aromatic carbocycles. The molecule has 0 spiro atoms. The summed E-state index contributed by atoms with van der Waals surface area (Å²) >= 11 is 1.90. The van der Waals surface area contributed by atoms with Gasteiger partial charge in [0.15, 0.2) is 0 Å². The average Bonchev–Trinajstić information content (AvgIpc) is 2.72. The van der Waals surface area contributed by atoms with Crippen LogP contribution in [0.4, 0.5) is 0 Å². The third-order valence-electron chi connectivity index (χ3n) is 2.30. The summed E-state index contributed by atoms with van der Waals surface area (Å²) in [6.07, 6.45) is 1.10. The predicted molar refractivity (Wildman–Crippen MR) is 59.6 cm³/mol. The Hall–Kier alpha value is -0.960. The molecule has 1 heterocycles. The fraction of sp³-hybridized carbons (Fsp3) is 0.364. The van der Waals surface area contributed by atoms with Crippen LogP contribution >= 0.6 is 11.8 Å². The van der Waals surface area contributed by atoms with E-state index in [1.54, 1.807) is 0 Å². The van der Waals surface area contributed by atoms with Gasteiger partial charge in [-0.25, -0.2) is 0 Å². The van der Waals surface area contributed by atoms with Crippen LogP contribution in [-0.4, -0.2) is 23.5 Å². The first kappa shape index (κ1) is 9.59. The van der Waals surface area contributed by atoms with E-state index in [-0.39, 0.29) is 5.91 Å². The molecule has 3 heteroatoms. The average molecular weight is 207 g/mol. The molecule has 1 N–H and O–H groups in total. The molecule has 1 aromatic rings. The maximum atomic E-state index is 11.7. The molecule has 1 atom stereocenters. The van der Waals surface area contributed by atoms with Crippen molar-refractivity contribution in [3.05, 3.63) is 35.9 Å². The first-order valence-electron chi connectivity index (χ1n) is 4.80. The highest BCUT2D eigenvalue weighted by molar-refractivity contribution is 7.99. The third kappa shape index (κ3) is 2.29. The van der Waals surface area contributed by atoms with Crippen LogP contribution in [0.1, 0.15) is 16.8 Å². The van der Waals surface area contributed by atoms with Gasteiger partial charge in [-0.05, 0) is 24.3 Å². The number of thioether (sulfide) groups is 1. The Kier molecular flexibility index (Phi) is 3.09. The molecule has 1 aliphatic heterocycles. The van der Waals surface area contributed by atoms with Crippen molar-refractivity contribution in [1.29, 1.82) is 0 Å². The van der Waals surface area contributed by atoms with E-state index in [1.807, 2.05) is 42.1 Å². The van der Waals surface area contributed by atoms with Crippen molar-refractivity contribution in [1.82, 2.24) is 5.32 Å². The zero-order chi connectivity index (χ0) is 9.80. The molecule has 1 fully saturated rings. The van der Waals surface area contributed by atoms with Crippen LogP contribution < -0.4 is 5.32 Å². The van der Waals surface area contributed by atoms with Gasteiger partial charge in [-0.1, -0.05) is 18.2 Å². The van der Waals surface area contributed by atoms with Crippen molar-refractivity contribution < 1.29 is 4.79 Å². The molecule has 2 nitrogen and oxygen atoms in total. The monoisotopic (exact) mass is 207 g/mol. The lowest BCUT2D eigenvalue weighted by Crippen LogP contribution is -2.34. The Labute approximate surface area is 88.1 Å². The molecule has 0 saturated carbocycles. The second-order valence-electron chi connectivity index (χ2n) is 3.40. The van der Waals surface area contributed by atoms with E-state index < -0.39 is 0 Å². The van der Waals surface area contributed by atoms with E-state index in [4.69, 9.17) is 0 Å². The van der Waals surface area contributed by atoms with Crippen LogP contribution in [0, 0.1) is 0 Å². The van der Waals surface area contributed by atoms with Crippen LogP contribution in [0.2, 0.25) is 0 Å². The van der Waals surface area contributed by atoms with E-state index in [0.717, 1.165) is 17.7 Å². The summed E-state index contributed by atoms with van der Waals surface area (Å²) in [5.74, 6) is 2.27. The van der Waals surface area contributed by atoms with Crippen molar-refractivity contribution in [3.8, 4) is 0 Å². The van der Waals surface area contributed by atoms with Crippen LogP contribution in [0.3, 0.4) is 0 Å². The lowest BCUT2D eigenvalue weighted by Gasteiger charge is -2.10. The molecule has 1 aliphatic rings. The Balaban J connectivity index is 1.95. The van der Waals surface area contributed by atoms with Crippen LogP contribution in [0.15, 0.2) is 30.3 Å². The van der Waals surface area contributed by atoms with Crippen LogP contribution in [0.25, 0.3) is 0 Å². The Morgan fingerprint density at radius 1 is 1.36 bits per heavy atom. The normalized spacial score (nSPS) is 20.7. The number of carbonyl (C=O) groups excluding carboxylic acids is 1. The Morgan fingerprint density at radius 3 is 2.79 bits per heavy atom. The van der Waals surface area contributed by atoms with E-state index in [2.05, 4.69) is 5.32 Å². The number of hydrogen-bond donors (Lipinski definition) is 1. The van der Waals surface area contributed by atoms with Gasteiger partial charge < -0.3 is 5.32 Å². The van der Waals surface area contributed by atoms with E-state index in [1.165, 1.54) is 5.75 Å². The van der Waals surface area contributed by atoms with Crippen molar-refractivity contribution in [2.45, 2.75) is 12.5 Å². The zero-order valence-electron chi connectivity index (χ0n) is 7.90. The second kappa shape index (κ2) is 4.51. The molecule has 1 amide bonds. The quantitative estimate of drug-likeness (QED) is 0.802. The van der Waals surface area contributed by atoms with Gasteiger partial charge in [0.05, 0.1) is 0 Å². The zero-order valence-corrected chi connectivity index (χ0v) is 8.72. The molecule has 1 unspecified atom stereocenters. The molecular weight excluding hydrogens is 194 g/mol. The summed E-state index contributed by atoms with van der Waals surface area (Å²) in [4.78, 5) is 11.7. The van der Waals surface area contributed by atoms with Crippen molar-refractivity contribution in [3.63, 3.8) is 0 Å². The highest BCUT2D eigenvalue weighted by Gasteiger charge is 2.17. The van der Waals surface area contributed by atoms with Gasteiger partial charge in [0.25, 0.3) is 5.91 Å². The van der Waals surface area contributed by atoms with Gasteiger partial charge in [0, 0.05) is 17.4 Å². The minimum absolute atomic E-state index is 0.0538. The lowest BCUT2D eigenvalue weighted by atomic mass is 10.2. The van der Waals surface area contributed by atoms with Crippen LogP contribution in [-0.2, 0) is 0 Å². The smallest absolute Gasteiger partial charge is 0.251 e. The minimum Gasteiger partial charge on any atom is -0.348 e. The first-order valence-corrected chi connectivity index (χ1v) is 5.95. The summed E-state index contributed by atoms with van der Waals surface area (Å²) in [6.45, 7) is 0. The fourth-order valence-corrected chi connectivity index (χ4v) is 2.66. The summed E-state index contributed by atoms with van der Waals surface area (Å²) in [5, 5.41) is 3.04. The largest absolute Gasteiger partial charge is 0.348 e. The van der Waals surface area contributed by atoms with Crippen molar-refractivity contribution in [2.24, 2.45) is 0 Å². The second-order valence-corrected chi connectivity index (χ2v) is 4.55. The predicted octanol–water partition coefficient (Wildman–Crippen LogP) is 1.92. The van der Waals surface area contributed by atoms with Gasteiger partial charge in [-0.15, -0.1) is 0 Å². The number of carbonyl (C=O) groups is 1. The highest BCUT2D eigenvalue weighted by atomic mass is 32.2. The number of rotatable bonds is 2. The highest BCUT2D eigenvalue weighted by Crippen LogP contribution is 2.17. The van der Waals surface area contributed by atoms with E-state index in [0.29, 0.717) is 6.04 Å². The molecule has 2 rings (SSSR count). The van der Waals surface area contributed by atoms with Gasteiger partial charge in [0.1, 0.15) is 0 Å². The lowest BCUT2D eigenvalue weighted by molar-refractivity contribution is 0.0941. The number of benzene rings is 1. The molecule has 74 valence electrons. The van der Waals surface area contributed by atoms with Gasteiger partial charge in [0.2, 0.25) is 0 Å². The summed E-state index contributed by atoms with van der Waals surface area (Å²) in [7, 11) is 0. The standard InChI is InChI=1S/C11H13NOS/c13-11(9-4-2-1-3-5-9)12-10-6-7-14-8-10/h1-5,10H,6-8H2,(H,12,13). The van der Waals surface area contributed by atoms with Crippen LogP contribution in [0.5, 0.6) is 0 Å². The summed E-state index contributed by atoms with van der Waals surface area (Å²) in [6, 6.07) is 9.75. The molecule has 0 aromatic heterocycles. The van der Waals surface area contributed by atoms with Crippen molar-refractivity contribution in [2.75, 3.05) is 11.5 Å². The van der Waals surface area contributed by atoms with Gasteiger partial charge in [-0.2, -0.15) is 11.8 Å². The topological polar surface area (TPSA) is 29.1 Å². The molecule has 14 heavy (non-hydrogen) atoms. The van der Waals surface area contributed by atoms with Crippen molar-refractivity contribution >= 4 is 17.7 Å². The number of hydrogen-bond acceptors (Lipinski definition) is 2. The molecule has 0 aliphatic carbocycles. The third-order valence-corrected chi connectivity index (χ3v) is 3.46. The summed E-state index contributed by atoms with van der Waals surface area (Å²) in [5.41, 5.74) is 0.754. The fourth-order valence-electron chi connectivity index (χ4n) is 1.51. The molecule has 0 radical (unpaired) electrons. The molecular formula is C11H13NOS. The van der Waals surface area contributed by atoms with E-state index in [9.17, 15) is 4.79 Å². The van der Waals surface area contributed by atoms with Gasteiger partial charge in [-0.3, -0.25) is 4.79 Å². The number of nitrogens with one attached hydrogen (secondary N) is 1. The Bertz CT molecular complexity index is 306.